The SMILES string of the molecule is CC(C)NC(=O)c1ccc(Cl)c(NC(=O)Cc2ccc(-n3cnnn3)cc2)c1. The van der Waals surface area contributed by atoms with Gasteiger partial charge in [0.2, 0.25) is 5.91 Å². The molecule has 28 heavy (non-hydrogen) atoms. The van der Waals surface area contributed by atoms with Crippen LogP contribution >= 0.6 is 11.6 Å². The number of rotatable bonds is 6. The number of nitrogens with zero attached hydrogens (tertiary/aromatic N) is 4. The van der Waals surface area contributed by atoms with Gasteiger partial charge < -0.3 is 10.6 Å². The summed E-state index contributed by atoms with van der Waals surface area (Å²) in [6.45, 7) is 3.75. The van der Waals surface area contributed by atoms with Crippen molar-refractivity contribution in [1.29, 1.82) is 0 Å². The standard InChI is InChI=1S/C19H19ClN6O2/c1-12(2)22-19(28)14-5-8-16(20)17(10-14)23-18(27)9-13-3-6-15(7-4-13)26-11-21-24-25-26/h3-8,10-12H,9H2,1-2H3,(H,22,28)(H,23,27). The van der Waals surface area contributed by atoms with Crippen molar-refractivity contribution in [1.82, 2.24) is 25.5 Å². The minimum atomic E-state index is -0.238. The summed E-state index contributed by atoms with van der Waals surface area (Å²) in [5, 5.41) is 16.9. The van der Waals surface area contributed by atoms with Crippen LogP contribution in [0.3, 0.4) is 0 Å². The van der Waals surface area contributed by atoms with Gasteiger partial charge >= 0.3 is 0 Å². The highest BCUT2D eigenvalue weighted by atomic mass is 35.5. The fourth-order valence-corrected chi connectivity index (χ4v) is 2.70. The van der Waals surface area contributed by atoms with E-state index in [1.807, 2.05) is 38.1 Å². The molecular weight excluding hydrogens is 380 g/mol. The molecule has 9 heteroatoms. The van der Waals surface area contributed by atoms with Crippen molar-refractivity contribution in [3.05, 3.63) is 64.9 Å². The van der Waals surface area contributed by atoms with Gasteiger partial charge in [0, 0.05) is 11.6 Å². The van der Waals surface area contributed by atoms with Crippen molar-refractivity contribution in [3.8, 4) is 5.69 Å². The summed E-state index contributed by atoms with van der Waals surface area (Å²) in [4.78, 5) is 24.5. The first-order valence-corrected chi connectivity index (χ1v) is 9.03. The highest BCUT2D eigenvalue weighted by molar-refractivity contribution is 6.33. The number of aromatic nitrogens is 4. The third kappa shape index (κ3) is 4.92. The number of benzene rings is 2. The highest BCUT2D eigenvalue weighted by Crippen LogP contribution is 2.23. The summed E-state index contributed by atoms with van der Waals surface area (Å²) >= 11 is 6.16. The first kappa shape index (κ1) is 19.5. The van der Waals surface area contributed by atoms with Crippen LogP contribution in [-0.2, 0) is 11.2 Å². The van der Waals surface area contributed by atoms with E-state index in [0.29, 0.717) is 16.3 Å². The van der Waals surface area contributed by atoms with Gasteiger partial charge in [0.05, 0.1) is 22.8 Å². The number of anilines is 1. The van der Waals surface area contributed by atoms with Crippen LogP contribution < -0.4 is 10.6 Å². The lowest BCUT2D eigenvalue weighted by Gasteiger charge is -2.12. The first-order chi connectivity index (χ1) is 13.4. The van der Waals surface area contributed by atoms with Gasteiger partial charge in [-0.2, -0.15) is 0 Å². The van der Waals surface area contributed by atoms with E-state index < -0.39 is 0 Å². The lowest BCUT2D eigenvalue weighted by Crippen LogP contribution is -2.30. The molecule has 0 saturated heterocycles. The molecule has 0 spiro atoms. The molecular formula is C19H19ClN6O2. The van der Waals surface area contributed by atoms with Gasteiger partial charge in [-0.15, -0.1) is 5.10 Å². The van der Waals surface area contributed by atoms with Gasteiger partial charge in [0.25, 0.3) is 5.91 Å². The Morgan fingerprint density at radius 1 is 1.14 bits per heavy atom. The summed E-state index contributed by atoms with van der Waals surface area (Å²) in [5.41, 5.74) is 2.44. The van der Waals surface area contributed by atoms with Crippen LogP contribution in [0.1, 0.15) is 29.8 Å². The fraction of sp³-hybridized carbons (Fsp3) is 0.211. The molecule has 2 N–H and O–H groups in total. The number of hydrogen-bond donors (Lipinski definition) is 2. The highest BCUT2D eigenvalue weighted by Gasteiger charge is 2.12. The third-order valence-electron chi connectivity index (χ3n) is 3.84. The van der Waals surface area contributed by atoms with Crippen LogP contribution in [0.5, 0.6) is 0 Å². The maximum atomic E-state index is 12.4. The molecule has 3 rings (SSSR count). The van der Waals surface area contributed by atoms with Gasteiger partial charge in [0.15, 0.2) is 0 Å². The lowest BCUT2D eigenvalue weighted by molar-refractivity contribution is -0.115. The molecule has 1 heterocycles. The summed E-state index contributed by atoms with van der Waals surface area (Å²) in [6.07, 6.45) is 1.65. The monoisotopic (exact) mass is 398 g/mol. The van der Waals surface area contributed by atoms with E-state index >= 15 is 0 Å². The molecule has 1 aromatic heterocycles. The summed E-state index contributed by atoms with van der Waals surface area (Å²) in [7, 11) is 0. The van der Waals surface area contributed by atoms with Gasteiger partial charge in [-0.1, -0.05) is 23.7 Å². The Morgan fingerprint density at radius 2 is 1.89 bits per heavy atom. The third-order valence-corrected chi connectivity index (χ3v) is 4.17. The molecule has 0 radical (unpaired) electrons. The molecule has 8 nitrogen and oxygen atoms in total. The van der Waals surface area contributed by atoms with Crippen molar-refractivity contribution >= 4 is 29.1 Å². The molecule has 0 aliphatic heterocycles. The smallest absolute Gasteiger partial charge is 0.251 e. The Bertz CT molecular complexity index is 971. The molecule has 0 aliphatic carbocycles. The molecule has 0 fully saturated rings. The van der Waals surface area contributed by atoms with E-state index in [-0.39, 0.29) is 24.3 Å². The number of tetrazole rings is 1. The molecule has 3 aromatic rings. The molecule has 0 saturated carbocycles. The Labute approximate surface area is 166 Å². The second-order valence-electron chi connectivity index (χ2n) is 6.47. The van der Waals surface area contributed by atoms with Crippen molar-refractivity contribution in [2.75, 3.05) is 5.32 Å². The molecule has 0 aliphatic rings. The quantitative estimate of drug-likeness (QED) is 0.664. The second-order valence-corrected chi connectivity index (χ2v) is 6.88. The molecule has 0 atom stereocenters. The lowest BCUT2D eigenvalue weighted by atomic mass is 10.1. The van der Waals surface area contributed by atoms with Crippen LogP contribution in [0.2, 0.25) is 5.02 Å². The minimum Gasteiger partial charge on any atom is -0.350 e. The first-order valence-electron chi connectivity index (χ1n) is 8.65. The normalized spacial score (nSPS) is 10.7. The van der Waals surface area contributed by atoms with Crippen LogP contribution in [0.4, 0.5) is 5.69 Å². The number of amides is 2. The van der Waals surface area contributed by atoms with Crippen LogP contribution in [0.15, 0.2) is 48.8 Å². The second kappa shape index (κ2) is 8.62. The van der Waals surface area contributed by atoms with E-state index in [4.69, 9.17) is 11.6 Å². The average Bonchev–Trinajstić information content (AvgIpc) is 3.18. The predicted molar refractivity (Wildman–Crippen MR) is 106 cm³/mol. The van der Waals surface area contributed by atoms with Crippen molar-refractivity contribution < 1.29 is 9.59 Å². The number of hydrogen-bond acceptors (Lipinski definition) is 5. The Kier molecular flexibility index (Phi) is 6.00. The van der Waals surface area contributed by atoms with E-state index in [0.717, 1.165) is 11.3 Å². The molecule has 0 bridgehead atoms. The molecule has 0 unspecified atom stereocenters. The predicted octanol–water partition coefficient (Wildman–Crippen LogP) is 2.64. The largest absolute Gasteiger partial charge is 0.350 e. The van der Waals surface area contributed by atoms with E-state index in [2.05, 4.69) is 26.2 Å². The topological polar surface area (TPSA) is 102 Å². The molecule has 2 amide bonds. The van der Waals surface area contributed by atoms with E-state index in [1.54, 1.807) is 18.2 Å². The van der Waals surface area contributed by atoms with Crippen molar-refractivity contribution in [2.45, 2.75) is 26.3 Å². The van der Waals surface area contributed by atoms with Crippen LogP contribution in [0, 0.1) is 0 Å². The molecule has 2 aromatic carbocycles. The minimum absolute atomic E-state index is 0.0116. The van der Waals surface area contributed by atoms with Crippen molar-refractivity contribution in [3.63, 3.8) is 0 Å². The Morgan fingerprint density at radius 3 is 2.54 bits per heavy atom. The maximum absolute atomic E-state index is 12.4. The number of nitrogens with one attached hydrogen (secondary N) is 2. The average molecular weight is 399 g/mol. The van der Waals surface area contributed by atoms with E-state index in [9.17, 15) is 9.59 Å². The van der Waals surface area contributed by atoms with Gasteiger partial charge in [-0.3, -0.25) is 9.59 Å². The van der Waals surface area contributed by atoms with Crippen molar-refractivity contribution in [2.24, 2.45) is 0 Å². The maximum Gasteiger partial charge on any atom is 0.251 e. The fourth-order valence-electron chi connectivity index (χ4n) is 2.53. The molecule has 144 valence electrons. The van der Waals surface area contributed by atoms with Gasteiger partial charge in [0.1, 0.15) is 6.33 Å². The van der Waals surface area contributed by atoms with Gasteiger partial charge in [-0.05, 0) is 60.2 Å². The number of carbonyl (C=O) groups excluding carboxylic acids is 2. The van der Waals surface area contributed by atoms with Crippen LogP contribution in [-0.4, -0.2) is 38.1 Å². The van der Waals surface area contributed by atoms with Crippen LogP contribution in [0.25, 0.3) is 5.69 Å². The zero-order valence-corrected chi connectivity index (χ0v) is 16.1. The zero-order chi connectivity index (χ0) is 20.1. The summed E-state index contributed by atoms with van der Waals surface area (Å²) < 4.78 is 1.53. The van der Waals surface area contributed by atoms with Gasteiger partial charge in [-0.25, -0.2) is 4.68 Å². The Hall–Kier alpha value is -3.26. The van der Waals surface area contributed by atoms with E-state index in [1.165, 1.54) is 11.0 Å². The zero-order valence-electron chi connectivity index (χ0n) is 15.4. The summed E-state index contributed by atoms with van der Waals surface area (Å²) in [6, 6.07) is 12.1. The summed E-state index contributed by atoms with van der Waals surface area (Å²) in [5.74, 6) is -0.459. The Balaban J connectivity index is 1.66. The number of halogens is 1. The number of carbonyl (C=O) groups is 2.